The molecule has 0 radical (unpaired) electrons. The van der Waals surface area contributed by atoms with Crippen LogP contribution in [0.25, 0.3) is 5.69 Å². The average molecular weight is 493 g/mol. The second-order valence-corrected chi connectivity index (χ2v) is 10.2. The summed E-state index contributed by atoms with van der Waals surface area (Å²) in [4.78, 5) is 3.61. The van der Waals surface area contributed by atoms with Gasteiger partial charge in [-0.2, -0.15) is 4.31 Å². The van der Waals surface area contributed by atoms with Crippen LogP contribution in [0, 0.1) is 0 Å². The van der Waals surface area contributed by atoms with E-state index in [0.29, 0.717) is 5.02 Å². The predicted octanol–water partition coefficient (Wildman–Crippen LogP) is 3.71. The van der Waals surface area contributed by atoms with Crippen molar-refractivity contribution in [3.8, 4) is 5.69 Å². The average Bonchev–Trinajstić information content (AvgIpc) is 3.40. The molecule has 1 aliphatic carbocycles. The summed E-state index contributed by atoms with van der Waals surface area (Å²) in [5.74, 6) is 0. The van der Waals surface area contributed by atoms with Gasteiger partial charge in [-0.1, -0.05) is 54.1 Å². The van der Waals surface area contributed by atoms with E-state index in [-0.39, 0.29) is 24.2 Å². The Morgan fingerprint density at radius 2 is 1.79 bits per heavy atom. The molecule has 1 aliphatic heterocycles. The fourth-order valence-corrected chi connectivity index (χ4v) is 5.38. The van der Waals surface area contributed by atoms with Crippen LogP contribution in [0.1, 0.15) is 5.56 Å². The molecule has 2 heterocycles. The van der Waals surface area contributed by atoms with Crippen molar-refractivity contribution >= 4 is 21.6 Å². The molecule has 172 valence electrons. The van der Waals surface area contributed by atoms with Gasteiger partial charge in [-0.3, -0.25) is 0 Å². The van der Waals surface area contributed by atoms with Crippen LogP contribution in [-0.4, -0.2) is 50.5 Å². The van der Waals surface area contributed by atoms with Crippen molar-refractivity contribution < 1.29 is 8.42 Å². The van der Waals surface area contributed by atoms with E-state index in [1.54, 1.807) is 12.1 Å². The van der Waals surface area contributed by atoms with Gasteiger partial charge in [-0.05, 0) is 58.8 Å². The van der Waals surface area contributed by atoms with Gasteiger partial charge >= 0.3 is 0 Å². The Kier molecular flexibility index (Phi) is 6.14. The smallest absolute Gasteiger partial charge is 0.244 e. The highest BCUT2D eigenvalue weighted by molar-refractivity contribution is 7.89. The summed E-state index contributed by atoms with van der Waals surface area (Å²) in [6.45, 7) is 0.361. The van der Waals surface area contributed by atoms with E-state index in [9.17, 15) is 8.42 Å². The van der Waals surface area contributed by atoms with Crippen molar-refractivity contribution in [1.82, 2.24) is 29.4 Å². The maximum Gasteiger partial charge on any atom is 0.244 e. The molecule has 0 bridgehead atoms. The normalized spacial score (nSPS) is 17.2. The van der Waals surface area contributed by atoms with E-state index < -0.39 is 10.0 Å². The van der Waals surface area contributed by atoms with Crippen molar-refractivity contribution in [3.63, 3.8) is 0 Å². The van der Waals surface area contributed by atoms with E-state index in [2.05, 4.69) is 21.5 Å². The topological polar surface area (TPSA) is 84.2 Å². The Hall–Kier alpha value is -3.53. The molecular formula is C24H21ClN6O2S. The first-order chi connectivity index (χ1) is 16.5. The van der Waals surface area contributed by atoms with E-state index >= 15 is 0 Å². The highest BCUT2D eigenvalue weighted by Gasteiger charge is 2.29. The lowest BCUT2D eigenvalue weighted by atomic mass is 9.98. The minimum absolute atomic E-state index is 0.0290. The number of hydrogen-bond acceptors (Lipinski definition) is 6. The van der Waals surface area contributed by atoms with E-state index in [1.165, 1.54) is 27.6 Å². The summed E-state index contributed by atoms with van der Waals surface area (Å²) < 4.78 is 28.8. The summed E-state index contributed by atoms with van der Waals surface area (Å²) in [6.07, 6.45) is 15.3. The van der Waals surface area contributed by atoms with Crippen molar-refractivity contribution in [3.05, 3.63) is 114 Å². The van der Waals surface area contributed by atoms with Gasteiger partial charge < -0.3 is 4.90 Å². The molecule has 8 nitrogen and oxygen atoms in total. The first-order valence-electron chi connectivity index (χ1n) is 10.6. The molecule has 0 spiro atoms. The van der Waals surface area contributed by atoms with Crippen LogP contribution in [0.5, 0.6) is 0 Å². The second-order valence-electron chi connectivity index (χ2n) is 7.81. The van der Waals surface area contributed by atoms with E-state index in [4.69, 9.17) is 11.6 Å². The number of sulfonamides is 1. The molecule has 5 rings (SSSR count). The van der Waals surface area contributed by atoms with Crippen LogP contribution < -0.4 is 0 Å². The van der Waals surface area contributed by atoms with Gasteiger partial charge in [-0.15, -0.1) is 15.0 Å². The van der Waals surface area contributed by atoms with Crippen LogP contribution in [0.4, 0.5) is 0 Å². The molecule has 2 aromatic carbocycles. The molecule has 0 saturated carbocycles. The number of hydrogen-bond donors (Lipinski definition) is 0. The van der Waals surface area contributed by atoms with Crippen LogP contribution in [0.15, 0.2) is 108 Å². The largest absolute Gasteiger partial charge is 0.353 e. The first-order valence-corrected chi connectivity index (χ1v) is 12.4. The number of halogens is 1. The SMILES string of the molecule is O=S(=O)(c1ccc(Cl)cc1)N(Cc1ccc(-n2ncnn2)cc1)CN1C=CC=C2C=CC=CC21. The Labute approximate surface area is 202 Å². The highest BCUT2D eigenvalue weighted by atomic mass is 35.5. The number of allylic oxidation sites excluding steroid dienone is 4. The third kappa shape index (κ3) is 4.58. The van der Waals surface area contributed by atoms with Gasteiger partial charge in [0.25, 0.3) is 0 Å². The third-order valence-electron chi connectivity index (χ3n) is 5.61. The molecule has 1 unspecified atom stereocenters. The van der Waals surface area contributed by atoms with Gasteiger partial charge in [0, 0.05) is 17.8 Å². The zero-order valence-corrected chi connectivity index (χ0v) is 19.6. The summed E-state index contributed by atoms with van der Waals surface area (Å²) in [5.41, 5.74) is 2.68. The van der Waals surface area contributed by atoms with Crippen LogP contribution >= 0.6 is 11.6 Å². The Bertz CT molecular complexity index is 1380. The van der Waals surface area contributed by atoms with Gasteiger partial charge in [0.1, 0.15) is 0 Å². The second kappa shape index (κ2) is 9.38. The standard InChI is InChI=1S/C24H21ClN6O2S/c25-21-9-13-23(14-10-21)34(32,33)30(18-29-15-3-5-20-4-1-2-6-24(20)29)16-19-7-11-22(12-8-19)31-27-17-26-28-31/h1-15,17,24H,16,18H2. The number of tetrazole rings is 1. The first kappa shape index (κ1) is 22.3. The van der Waals surface area contributed by atoms with Crippen molar-refractivity contribution in [2.24, 2.45) is 0 Å². The van der Waals surface area contributed by atoms with Crippen LogP contribution in [0.2, 0.25) is 5.02 Å². The van der Waals surface area contributed by atoms with Gasteiger partial charge in [0.2, 0.25) is 10.0 Å². The summed E-state index contributed by atoms with van der Waals surface area (Å²) in [5, 5.41) is 12.1. The van der Waals surface area contributed by atoms with Crippen molar-refractivity contribution in [2.75, 3.05) is 6.67 Å². The molecule has 0 fully saturated rings. The molecule has 34 heavy (non-hydrogen) atoms. The summed E-state index contributed by atoms with van der Waals surface area (Å²) in [6, 6.07) is 13.6. The number of rotatable bonds is 7. The molecule has 1 aromatic heterocycles. The van der Waals surface area contributed by atoms with Gasteiger partial charge in [0.05, 0.1) is 23.3 Å². The molecule has 2 aliphatic rings. The van der Waals surface area contributed by atoms with Crippen LogP contribution in [-0.2, 0) is 16.6 Å². The lowest BCUT2D eigenvalue weighted by Gasteiger charge is -2.36. The molecule has 10 heteroatoms. The Morgan fingerprint density at radius 3 is 2.53 bits per heavy atom. The maximum absolute atomic E-state index is 13.7. The number of aromatic nitrogens is 4. The van der Waals surface area contributed by atoms with E-state index in [0.717, 1.165) is 16.8 Å². The maximum atomic E-state index is 13.7. The minimum Gasteiger partial charge on any atom is -0.353 e. The molecule has 1 atom stereocenters. The number of benzene rings is 2. The van der Waals surface area contributed by atoms with Crippen molar-refractivity contribution in [1.29, 1.82) is 0 Å². The summed E-state index contributed by atoms with van der Waals surface area (Å²) in [7, 11) is -3.81. The number of fused-ring (bicyclic) bond motifs is 1. The highest BCUT2D eigenvalue weighted by Crippen LogP contribution is 2.26. The zero-order chi connectivity index (χ0) is 23.5. The number of nitrogens with zero attached hydrogens (tertiary/aromatic N) is 6. The van der Waals surface area contributed by atoms with Gasteiger partial charge in [0.15, 0.2) is 6.33 Å². The van der Waals surface area contributed by atoms with Crippen molar-refractivity contribution in [2.45, 2.75) is 17.5 Å². The lowest BCUT2D eigenvalue weighted by molar-refractivity contribution is 0.233. The fraction of sp³-hybridized carbons (Fsp3) is 0.125. The predicted molar refractivity (Wildman–Crippen MR) is 129 cm³/mol. The van der Waals surface area contributed by atoms with Gasteiger partial charge in [-0.25, -0.2) is 8.42 Å². The summed E-state index contributed by atoms with van der Waals surface area (Å²) >= 11 is 6.00. The Balaban J connectivity index is 1.45. The Morgan fingerprint density at radius 1 is 1.00 bits per heavy atom. The third-order valence-corrected chi connectivity index (χ3v) is 7.65. The molecule has 0 saturated heterocycles. The molecule has 0 amide bonds. The monoisotopic (exact) mass is 492 g/mol. The fourth-order valence-electron chi connectivity index (χ4n) is 3.87. The quantitative estimate of drug-likeness (QED) is 0.500. The molecule has 3 aromatic rings. The molecular weight excluding hydrogens is 472 g/mol. The van der Waals surface area contributed by atoms with E-state index in [1.807, 2.05) is 65.7 Å². The zero-order valence-electron chi connectivity index (χ0n) is 18.0. The van der Waals surface area contributed by atoms with Crippen LogP contribution in [0.3, 0.4) is 0 Å². The lowest BCUT2D eigenvalue weighted by Crippen LogP contribution is -2.44. The minimum atomic E-state index is -3.81. The molecule has 0 N–H and O–H groups in total.